The number of amides is 1. The highest BCUT2D eigenvalue weighted by atomic mass is 16.5. The van der Waals surface area contributed by atoms with Gasteiger partial charge in [0.2, 0.25) is 5.91 Å². The standard InChI is InChI=1S/C9H14N4O2/c1-7-9(12-3-2-11-7)13-4-5-15-6-8(10)14/h2-3H,4-6H2,1H3,(H2,10,14)(H,12,13). The molecule has 1 amide bonds. The van der Waals surface area contributed by atoms with E-state index in [2.05, 4.69) is 15.3 Å². The third-order valence-electron chi connectivity index (χ3n) is 1.66. The lowest BCUT2D eigenvalue weighted by atomic mass is 10.4. The third kappa shape index (κ3) is 4.37. The van der Waals surface area contributed by atoms with Crippen LogP contribution in [0.5, 0.6) is 0 Å². The van der Waals surface area contributed by atoms with E-state index in [0.717, 1.165) is 11.5 Å². The molecule has 0 atom stereocenters. The van der Waals surface area contributed by atoms with Gasteiger partial charge in [-0.1, -0.05) is 0 Å². The summed E-state index contributed by atoms with van der Waals surface area (Å²) < 4.78 is 4.97. The van der Waals surface area contributed by atoms with Gasteiger partial charge in [0.1, 0.15) is 12.4 Å². The number of carbonyl (C=O) groups is 1. The summed E-state index contributed by atoms with van der Waals surface area (Å²) in [6.07, 6.45) is 3.24. The summed E-state index contributed by atoms with van der Waals surface area (Å²) in [6, 6.07) is 0. The smallest absolute Gasteiger partial charge is 0.243 e. The topological polar surface area (TPSA) is 90.1 Å². The average Bonchev–Trinajstić information content (AvgIpc) is 2.20. The van der Waals surface area contributed by atoms with Crippen molar-refractivity contribution >= 4 is 11.7 Å². The third-order valence-corrected chi connectivity index (χ3v) is 1.66. The Bertz CT molecular complexity index is 330. The van der Waals surface area contributed by atoms with Crippen LogP contribution in [0.25, 0.3) is 0 Å². The molecule has 0 radical (unpaired) electrons. The highest BCUT2D eigenvalue weighted by molar-refractivity contribution is 5.74. The number of anilines is 1. The van der Waals surface area contributed by atoms with Crippen molar-refractivity contribution in [1.29, 1.82) is 0 Å². The molecule has 0 unspecified atom stereocenters. The number of nitrogens with two attached hydrogens (primary N) is 1. The molecule has 0 aliphatic heterocycles. The summed E-state index contributed by atoms with van der Waals surface area (Å²) in [5.41, 5.74) is 5.73. The second-order valence-corrected chi connectivity index (χ2v) is 2.94. The highest BCUT2D eigenvalue weighted by Gasteiger charge is 1.98. The molecule has 0 spiro atoms. The van der Waals surface area contributed by atoms with E-state index < -0.39 is 5.91 Å². The van der Waals surface area contributed by atoms with Crippen molar-refractivity contribution in [2.45, 2.75) is 6.92 Å². The van der Waals surface area contributed by atoms with Crippen LogP contribution in [-0.4, -0.2) is 35.6 Å². The average molecular weight is 210 g/mol. The Kier molecular flexibility index (Phi) is 4.49. The number of carbonyl (C=O) groups excluding carboxylic acids is 1. The van der Waals surface area contributed by atoms with Crippen LogP contribution in [0.3, 0.4) is 0 Å². The first-order chi connectivity index (χ1) is 7.20. The molecule has 15 heavy (non-hydrogen) atoms. The predicted molar refractivity (Wildman–Crippen MR) is 55.3 cm³/mol. The number of primary amides is 1. The van der Waals surface area contributed by atoms with Crippen molar-refractivity contribution in [3.05, 3.63) is 18.1 Å². The fraction of sp³-hybridized carbons (Fsp3) is 0.444. The van der Waals surface area contributed by atoms with Crippen LogP contribution in [0.15, 0.2) is 12.4 Å². The Morgan fingerprint density at radius 3 is 2.93 bits per heavy atom. The maximum absolute atomic E-state index is 10.3. The first kappa shape index (κ1) is 11.4. The van der Waals surface area contributed by atoms with Crippen LogP contribution in [0, 0.1) is 6.92 Å². The Balaban J connectivity index is 2.21. The van der Waals surface area contributed by atoms with E-state index in [9.17, 15) is 4.79 Å². The van der Waals surface area contributed by atoms with E-state index in [1.165, 1.54) is 0 Å². The van der Waals surface area contributed by atoms with Crippen molar-refractivity contribution in [2.75, 3.05) is 25.1 Å². The quantitative estimate of drug-likeness (QED) is 0.629. The Morgan fingerprint density at radius 2 is 2.27 bits per heavy atom. The largest absolute Gasteiger partial charge is 0.370 e. The fourth-order valence-corrected chi connectivity index (χ4v) is 0.995. The van der Waals surface area contributed by atoms with E-state index in [-0.39, 0.29) is 6.61 Å². The summed E-state index contributed by atoms with van der Waals surface area (Å²) in [6.45, 7) is 2.77. The normalized spacial score (nSPS) is 9.93. The van der Waals surface area contributed by atoms with Crippen molar-refractivity contribution in [1.82, 2.24) is 9.97 Å². The molecule has 3 N–H and O–H groups in total. The molecule has 1 aromatic heterocycles. The maximum Gasteiger partial charge on any atom is 0.243 e. The molecular weight excluding hydrogens is 196 g/mol. The first-order valence-electron chi connectivity index (χ1n) is 4.57. The van der Waals surface area contributed by atoms with Gasteiger partial charge in [-0.2, -0.15) is 0 Å². The van der Waals surface area contributed by atoms with E-state index in [1.54, 1.807) is 12.4 Å². The highest BCUT2D eigenvalue weighted by Crippen LogP contribution is 2.04. The Morgan fingerprint density at radius 1 is 1.53 bits per heavy atom. The number of nitrogens with zero attached hydrogens (tertiary/aromatic N) is 2. The molecule has 6 heteroatoms. The Hall–Kier alpha value is -1.69. The van der Waals surface area contributed by atoms with E-state index in [1.807, 2.05) is 6.92 Å². The molecule has 0 saturated carbocycles. The molecule has 0 fully saturated rings. The lowest BCUT2D eigenvalue weighted by molar-refractivity contribution is -0.122. The van der Waals surface area contributed by atoms with Crippen LogP contribution in [-0.2, 0) is 9.53 Å². The summed E-state index contributed by atoms with van der Waals surface area (Å²) in [5.74, 6) is 0.255. The lowest BCUT2D eigenvalue weighted by Crippen LogP contribution is -2.20. The van der Waals surface area contributed by atoms with E-state index in [0.29, 0.717) is 13.2 Å². The van der Waals surface area contributed by atoms with Crippen LogP contribution in [0.2, 0.25) is 0 Å². The molecule has 1 rings (SSSR count). The van der Waals surface area contributed by atoms with Gasteiger partial charge in [-0.25, -0.2) is 4.98 Å². The summed E-state index contributed by atoms with van der Waals surface area (Å²) in [7, 11) is 0. The molecule has 0 aromatic carbocycles. The van der Waals surface area contributed by atoms with Gasteiger partial charge in [-0.05, 0) is 6.92 Å². The van der Waals surface area contributed by atoms with Gasteiger partial charge in [0.05, 0.1) is 12.3 Å². The van der Waals surface area contributed by atoms with Gasteiger partial charge in [0, 0.05) is 18.9 Å². The van der Waals surface area contributed by atoms with Crippen molar-refractivity contribution in [2.24, 2.45) is 5.73 Å². The zero-order valence-electron chi connectivity index (χ0n) is 8.56. The number of hydrogen-bond acceptors (Lipinski definition) is 5. The first-order valence-corrected chi connectivity index (χ1v) is 4.57. The minimum Gasteiger partial charge on any atom is -0.370 e. The number of hydrogen-bond donors (Lipinski definition) is 2. The summed E-state index contributed by atoms with van der Waals surface area (Å²) in [4.78, 5) is 18.5. The zero-order chi connectivity index (χ0) is 11.1. The molecule has 0 aliphatic rings. The minimum absolute atomic E-state index is 0.0544. The molecule has 1 heterocycles. The van der Waals surface area contributed by atoms with Crippen molar-refractivity contribution < 1.29 is 9.53 Å². The van der Waals surface area contributed by atoms with Gasteiger partial charge in [0.15, 0.2) is 0 Å². The zero-order valence-corrected chi connectivity index (χ0v) is 8.56. The number of aryl methyl sites for hydroxylation is 1. The summed E-state index contributed by atoms with van der Waals surface area (Å²) >= 11 is 0. The van der Waals surface area contributed by atoms with Gasteiger partial charge >= 0.3 is 0 Å². The van der Waals surface area contributed by atoms with Gasteiger partial charge in [-0.15, -0.1) is 0 Å². The number of nitrogens with one attached hydrogen (secondary N) is 1. The van der Waals surface area contributed by atoms with E-state index >= 15 is 0 Å². The molecule has 0 bridgehead atoms. The van der Waals surface area contributed by atoms with Crippen molar-refractivity contribution in [3.8, 4) is 0 Å². The minimum atomic E-state index is -0.467. The molecule has 1 aromatic rings. The number of rotatable bonds is 6. The van der Waals surface area contributed by atoms with Crippen LogP contribution < -0.4 is 11.1 Å². The van der Waals surface area contributed by atoms with Crippen molar-refractivity contribution in [3.63, 3.8) is 0 Å². The SMILES string of the molecule is Cc1nccnc1NCCOCC(N)=O. The molecule has 0 saturated heterocycles. The summed E-state index contributed by atoms with van der Waals surface area (Å²) in [5, 5.41) is 3.04. The van der Waals surface area contributed by atoms with E-state index in [4.69, 9.17) is 10.5 Å². The number of aromatic nitrogens is 2. The molecule has 6 nitrogen and oxygen atoms in total. The predicted octanol–water partition coefficient (Wildman–Crippen LogP) is -0.301. The maximum atomic E-state index is 10.3. The monoisotopic (exact) mass is 210 g/mol. The van der Waals surface area contributed by atoms with Gasteiger partial charge in [0.25, 0.3) is 0 Å². The molecule has 82 valence electrons. The fourth-order valence-electron chi connectivity index (χ4n) is 0.995. The second-order valence-electron chi connectivity index (χ2n) is 2.94. The van der Waals surface area contributed by atoms with Crippen LogP contribution >= 0.6 is 0 Å². The lowest BCUT2D eigenvalue weighted by Gasteiger charge is -2.06. The van der Waals surface area contributed by atoms with Gasteiger partial charge < -0.3 is 15.8 Å². The van der Waals surface area contributed by atoms with Gasteiger partial charge in [-0.3, -0.25) is 9.78 Å². The van der Waals surface area contributed by atoms with Crippen LogP contribution in [0.1, 0.15) is 5.69 Å². The van der Waals surface area contributed by atoms with Crippen LogP contribution in [0.4, 0.5) is 5.82 Å². The molecule has 0 aliphatic carbocycles. The second kappa shape index (κ2) is 5.92. The Labute approximate surface area is 87.9 Å². The molecular formula is C9H14N4O2. The number of ether oxygens (including phenoxy) is 1.